The van der Waals surface area contributed by atoms with Crippen LogP contribution in [0.25, 0.3) is 21.5 Å². The van der Waals surface area contributed by atoms with Crippen LogP contribution in [0, 0.1) is 0 Å². The second-order valence-corrected chi connectivity index (χ2v) is 14.3. The summed E-state index contributed by atoms with van der Waals surface area (Å²) in [5.41, 5.74) is 4.98. The molecule has 0 N–H and O–H groups in total. The Morgan fingerprint density at radius 3 is 1.11 bits per heavy atom. The molecule has 0 amide bonds. The van der Waals surface area contributed by atoms with Gasteiger partial charge >= 0.3 is 37.7 Å². The van der Waals surface area contributed by atoms with Crippen LogP contribution in [-0.4, -0.2) is 63.7 Å². The van der Waals surface area contributed by atoms with Crippen molar-refractivity contribution in [3.05, 3.63) is 82.9 Å². The first-order valence-electron chi connectivity index (χ1n) is 15.9. The van der Waals surface area contributed by atoms with Gasteiger partial charge in [0.1, 0.15) is 20.2 Å². The first kappa shape index (κ1) is 39.7. The summed E-state index contributed by atoms with van der Waals surface area (Å²) in [4.78, 5) is -0.268. The maximum absolute atomic E-state index is 11.3. The molecule has 0 atom stereocenters. The molecule has 0 saturated heterocycles. The first-order valence-corrected chi connectivity index (χ1v) is 18.8. The molecule has 0 spiro atoms. The van der Waals surface area contributed by atoms with Gasteiger partial charge < -0.3 is 9.11 Å². The molecule has 0 bridgehead atoms. The standard InChI is InChI=1S/2C18H24O3S.Ca/c2*1-3-5-7-14-9-10-15-11-12-16(22(19,20)21)13-18(15)17(14)8-6-4-2;/h2*9-13H,3-8H2,1-2H3,(H,19,20,21);/q;;+2/p-2. The van der Waals surface area contributed by atoms with E-state index in [9.17, 15) is 25.9 Å². The summed E-state index contributed by atoms with van der Waals surface area (Å²) in [5.74, 6) is 0. The number of hydrogen-bond acceptors (Lipinski definition) is 6. The maximum Gasteiger partial charge on any atom is 2.00 e. The number of aryl methyl sites for hydroxylation is 4. The summed E-state index contributed by atoms with van der Waals surface area (Å²) in [6.45, 7) is 8.61. The Hall–Kier alpha value is -1.52. The Balaban J connectivity index is 0.000000307. The second-order valence-electron chi connectivity index (χ2n) is 11.5. The molecule has 45 heavy (non-hydrogen) atoms. The molecule has 6 nitrogen and oxygen atoms in total. The van der Waals surface area contributed by atoms with E-state index >= 15 is 0 Å². The van der Waals surface area contributed by atoms with Crippen LogP contribution in [-0.2, 0) is 45.9 Å². The van der Waals surface area contributed by atoms with Gasteiger partial charge in [-0.2, -0.15) is 0 Å². The first-order chi connectivity index (χ1) is 20.9. The van der Waals surface area contributed by atoms with Crippen molar-refractivity contribution in [2.75, 3.05) is 0 Å². The van der Waals surface area contributed by atoms with Crippen LogP contribution < -0.4 is 0 Å². The molecule has 0 saturated carbocycles. The molecule has 9 heteroatoms. The monoisotopic (exact) mass is 678 g/mol. The maximum atomic E-state index is 11.3. The number of hydrogen-bond donors (Lipinski definition) is 0. The molecule has 240 valence electrons. The Labute approximate surface area is 300 Å². The third-order valence-electron chi connectivity index (χ3n) is 8.14. The zero-order valence-electron chi connectivity index (χ0n) is 27.2. The molecule has 0 unspecified atom stereocenters. The third-order valence-corrected chi connectivity index (χ3v) is 9.80. The smallest absolute Gasteiger partial charge is 0.744 e. The van der Waals surface area contributed by atoms with E-state index in [4.69, 9.17) is 0 Å². The van der Waals surface area contributed by atoms with Crippen LogP contribution in [0.1, 0.15) is 101 Å². The Morgan fingerprint density at radius 1 is 0.489 bits per heavy atom. The second kappa shape index (κ2) is 18.7. The van der Waals surface area contributed by atoms with Gasteiger partial charge in [0.2, 0.25) is 0 Å². The van der Waals surface area contributed by atoms with Crippen molar-refractivity contribution in [1.82, 2.24) is 0 Å². The molecule has 0 heterocycles. The van der Waals surface area contributed by atoms with Crippen LogP contribution >= 0.6 is 0 Å². The van der Waals surface area contributed by atoms with Crippen LogP contribution in [0.2, 0.25) is 0 Å². The van der Waals surface area contributed by atoms with Crippen LogP contribution in [0.15, 0.2) is 70.5 Å². The number of benzene rings is 4. The van der Waals surface area contributed by atoms with E-state index in [2.05, 4.69) is 39.8 Å². The third kappa shape index (κ3) is 11.3. The Kier molecular flexibility index (Phi) is 16.5. The normalized spacial score (nSPS) is 11.7. The van der Waals surface area contributed by atoms with Crippen LogP contribution in [0.5, 0.6) is 0 Å². The quantitative estimate of drug-likeness (QED) is 0.0976. The van der Waals surface area contributed by atoms with Gasteiger partial charge in [-0.05, 0) is 119 Å². The average Bonchev–Trinajstić information content (AvgIpc) is 2.99. The van der Waals surface area contributed by atoms with E-state index in [-0.39, 0.29) is 47.5 Å². The molecule has 0 aliphatic carbocycles. The molecule has 0 radical (unpaired) electrons. The zero-order chi connectivity index (χ0) is 32.3. The van der Waals surface area contributed by atoms with Gasteiger partial charge in [0.05, 0.1) is 9.79 Å². The average molecular weight is 679 g/mol. The molecular formula is C36H46CaO6S2. The molecule has 0 fully saturated rings. The van der Waals surface area contributed by atoms with Gasteiger partial charge in [0, 0.05) is 0 Å². The topological polar surface area (TPSA) is 114 Å². The van der Waals surface area contributed by atoms with E-state index in [1.54, 1.807) is 24.3 Å². The van der Waals surface area contributed by atoms with Crippen molar-refractivity contribution in [2.45, 2.75) is 115 Å². The van der Waals surface area contributed by atoms with E-state index < -0.39 is 20.2 Å². The van der Waals surface area contributed by atoms with E-state index in [1.165, 1.54) is 34.4 Å². The molecule has 4 aromatic carbocycles. The van der Waals surface area contributed by atoms with Crippen molar-refractivity contribution in [2.24, 2.45) is 0 Å². The fourth-order valence-corrected chi connectivity index (χ4v) is 6.62. The predicted octanol–water partition coefficient (Wildman–Crippen LogP) is 8.48. The fourth-order valence-electron chi connectivity index (χ4n) is 5.62. The van der Waals surface area contributed by atoms with Gasteiger partial charge in [0.25, 0.3) is 0 Å². The van der Waals surface area contributed by atoms with E-state index in [1.807, 2.05) is 12.1 Å². The van der Waals surface area contributed by atoms with Crippen molar-refractivity contribution in [1.29, 1.82) is 0 Å². The minimum absolute atomic E-state index is 0. The Bertz CT molecular complexity index is 1630. The zero-order valence-corrected chi connectivity index (χ0v) is 31.1. The van der Waals surface area contributed by atoms with Gasteiger partial charge in [-0.25, -0.2) is 16.8 Å². The molecule has 4 aromatic rings. The predicted molar refractivity (Wildman–Crippen MR) is 184 cm³/mol. The van der Waals surface area contributed by atoms with Gasteiger partial charge in [-0.1, -0.05) is 89.8 Å². The number of fused-ring (bicyclic) bond motifs is 2. The SMILES string of the molecule is CCCCc1ccc2ccc(S(=O)(=O)[O-])cc2c1CCCC.CCCCc1ccc2ccc(S(=O)(=O)[O-])cc2c1CCCC.[Ca+2]. The summed E-state index contributed by atoms with van der Waals surface area (Å²) in [6.07, 6.45) is 12.6. The van der Waals surface area contributed by atoms with Crippen LogP contribution in [0.3, 0.4) is 0 Å². The van der Waals surface area contributed by atoms with Gasteiger partial charge in [-0.3, -0.25) is 0 Å². The van der Waals surface area contributed by atoms with Gasteiger partial charge in [-0.15, -0.1) is 0 Å². The molecule has 0 aromatic heterocycles. The number of unbranched alkanes of at least 4 members (excludes halogenated alkanes) is 4. The van der Waals surface area contributed by atoms with Crippen molar-refractivity contribution < 1.29 is 25.9 Å². The number of rotatable bonds is 14. The van der Waals surface area contributed by atoms with E-state index in [0.717, 1.165) is 98.6 Å². The summed E-state index contributed by atoms with van der Waals surface area (Å²) in [7, 11) is -8.82. The summed E-state index contributed by atoms with van der Waals surface area (Å²) >= 11 is 0. The van der Waals surface area contributed by atoms with E-state index in [0.29, 0.717) is 0 Å². The van der Waals surface area contributed by atoms with Crippen LogP contribution in [0.4, 0.5) is 0 Å². The van der Waals surface area contributed by atoms with Gasteiger partial charge in [0.15, 0.2) is 0 Å². The van der Waals surface area contributed by atoms with Crippen molar-refractivity contribution in [3.63, 3.8) is 0 Å². The summed E-state index contributed by atoms with van der Waals surface area (Å²) < 4.78 is 67.8. The minimum Gasteiger partial charge on any atom is -0.744 e. The van der Waals surface area contributed by atoms with Crippen molar-refractivity contribution >= 4 is 79.5 Å². The fraction of sp³-hybridized carbons (Fsp3) is 0.444. The largest absolute Gasteiger partial charge is 2.00 e. The molecular weight excluding hydrogens is 633 g/mol. The molecule has 4 rings (SSSR count). The molecule has 0 aliphatic rings. The minimum atomic E-state index is -4.41. The molecule has 0 aliphatic heterocycles. The van der Waals surface area contributed by atoms with Crippen molar-refractivity contribution in [3.8, 4) is 0 Å². The summed E-state index contributed by atoms with van der Waals surface area (Å²) in [5, 5.41) is 3.83. The Morgan fingerprint density at radius 2 is 0.800 bits per heavy atom. The summed E-state index contributed by atoms with van der Waals surface area (Å²) in [6, 6.07) is 17.7.